The largest absolute Gasteiger partial charge is 0.317 e. The van der Waals surface area contributed by atoms with E-state index < -0.39 is 0 Å². The Bertz CT molecular complexity index is 257. The molecule has 1 aromatic rings. The minimum atomic E-state index is 0.612. The fourth-order valence-corrected chi connectivity index (χ4v) is 2.48. The van der Waals surface area contributed by atoms with Crippen molar-refractivity contribution in [3.8, 4) is 0 Å². The van der Waals surface area contributed by atoms with Crippen LogP contribution in [0.1, 0.15) is 38.0 Å². The summed E-state index contributed by atoms with van der Waals surface area (Å²) in [5.41, 5.74) is 0. The molecule has 0 unspecified atom stereocenters. The number of aryl methyl sites for hydroxylation is 1. The maximum absolute atomic E-state index is 3.50. The van der Waals surface area contributed by atoms with E-state index in [-0.39, 0.29) is 0 Å². The lowest BCUT2D eigenvalue weighted by molar-refractivity contribution is 0.540. The summed E-state index contributed by atoms with van der Waals surface area (Å²) in [7, 11) is 0. The topological polar surface area (TPSA) is 24.1 Å². The highest BCUT2D eigenvalue weighted by molar-refractivity contribution is 7.09. The summed E-state index contributed by atoms with van der Waals surface area (Å²) in [6, 6.07) is 4.98. The first-order valence-electron chi connectivity index (χ1n) is 6.75. The summed E-state index contributed by atoms with van der Waals surface area (Å²) in [6.45, 7) is 7.81. The molecule has 3 heteroatoms. The third-order valence-electron chi connectivity index (χ3n) is 2.69. The lowest BCUT2D eigenvalue weighted by Gasteiger charge is -2.08. The van der Waals surface area contributed by atoms with Gasteiger partial charge in [0.2, 0.25) is 0 Å². The van der Waals surface area contributed by atoms with Crippen LogP contribution < -0.4 is 10.6 Å². The zero-order valence-corrected chi connectivity index (χ0v) is 12.0. The summed E-state index contributed by atoms with van der Waals surface area (Å²) >= 11 is 1.87. The zero-order valence-electron chi connectivity index (χ0n) is 11.2. The van der Waals surface area contributed by atoms with Crippen LogP contribution in [0.25, 0.3) is 0 Å². The van der Waals surface area contributed by atoms with Crippen molar-refractivity contribution in [2.45, 2.75) is 45.6 Å². The van der Waals surface area contributed by atoms with E-state index in [1.54, 1.807) is 0 Å². The van der Waals surface area contributed by atoms with E-state index in [1.165, 1.54) is 30.6 Å². The maximum Gasteiger partial charge on any atom is 0.00452 e. The molecule has 1 rings (SSSR count). The molecule has 1 heterocycles. The van der Waals surface area contributed by atoms with Crippen LogP contribution in [0, 0.1) is 0 Å². The molecule has 0 aliphatic rings. The highest BCUT2D eigenvalue weighted by Gasteiger charge is 1.94. The maximum atomic E-state index is 3.50. The summed E-state index contributed by atoms with van der Waals surface area (Å²) in [5, 5.41) is 9.09. The molecule has 2 nitrogen and oxygen atoms in total. The lowest BCUT2D eigenvalue weighted by atomic mass is 10.2. The van der Waals surface area contributed by atoms with Gasteiger partial charge in [-0.2, -0.15) is 0 Å². The van der Waals surface area contributed by atoms with Crippen molar-refractivity contribution in [2.24, 2.45) is 0 Å². The van der Waals surface area contributed by atoms with E-state index >= 15 is 0 Å². The Hall–Kier alpha value is -0.380. The predicted octanol–water partition coefficient (Wildman–Crippen LogP) is 3.05. The predicted molar refractivity (Wildman–Crippen MR) is 77.9 cm³/mol. The first kappa shape index (κ1) is 14.7. The quantitative estimate of drug-likeness (QED) is 0.627. The van der Waals surface area contributed by atoms with Gasteiger partial charge in [-0.25, -0.2) is 0 Å². The van der Waals surface area contributed by atoms with E-state index in [1.807, 2.05) is 11.3 Å². The van der Waals surface area contributed by atoms with Gasteiger partial charge in [0.05, 0.1) is 0 Å². The van der Waals surface area contributed by atoms with Gasteiger partial charge in [0, 0.05) is 10.9 Å². The van der Waals surface area contributed by atoms with Crippen molar-refractivity contribution >= 4 is 11.3 Å². The van der Waals surface area contributed by atoms with Gasteiger partial charge in [-0.15, -0.1) is 11.3 Å². The average molecular weight is 254 g/mol. The molecular weight excluding hydrogens is 228 g/mol. The Morgan fingerprint density at radius 1 is 1.12 bits per heavy atom. The molecular formula is C14H26N2S. The van der Waals surface area contributed by atoms with Crippen molar-refractivity contribution in [1.29, 1.82) is 0 Å². The normalized spacial score (nSPS) is 11.2. The fraction of sp³-hybridized carbons (Fsp3) is 0.714. The van der Waals surface area contributed by atoms with E-state index in [0.717, 1.165) is 19.6 Å². The van der Waals surface area contributed by atoms with Crippen molar-refractivity contribution in [3.63, 3.8) is 0 Å². The van der Waals surface area contributed by atoms with Gasteiger partial charge in [0.1, 0.15) is 0 Å². The summed E-state index contributed by atoms with van der Waals surface area (Å²) in [6.07, 6.45) is 5.06. The second-order valence-electron chi connectivity index (χ2n) is 4.75. The molecule has 0 bridgehead atoms. The van der Waals surface area contributed by atoms with Gasteiger partial charge >= 0.3 is 0 Å². The Morgan fingerprint density at radius 2 is 1.94 bits per heavy atom. The Kier molecular flexibility index (Phi) is 8.32. The van der Waals surface area contributed by atoms with Crippen molar-refractivity contribution < 1.29 is 0 Å². The molecule has 17 heavy (non-hydrogen) atoms. The number of hydrogen-bond acceptors (Lipinski definition) is 3. The summed E-state index contributed by atoms with van der Waals surface area (Å²) < 4.78 is 0. The molecule has 0 saturated heterocycles. The molecule has 0 amide bonds. The molecule has 0 radical (unpaired) electrons. The van der Waals surface area contributed by atoms with Crippen LogP contribution in [0.4, 0.5) is 0 Å². The van der Waals surface area contributed by atoms with Gasteiger partial charge in [-0.05, 0) is 56.8 Å². The van der Waals surface area contributed by atoms with Crippen LogP contribution >= 0.6 is 11.3 Å². The van der Waals surface area contributed by atoms with Gasteiger partial charge in [-0.1, -0.05) is 19.9 Å². The Morgan fingerprint density at radius 3 is 2.65 bits per heavy atom. The standard InChI is InChI=1S/C14H26N2S/c1-13(2)16-11-6-10-15-9-4-3-7-14-8-5-12-17-14/h5,8,12-13,15-16H,3-4,6-7,9-11H2,1-2H3. The molecule has 0 atom stereocenters. The SMILES string of the molecule is CC(C)NCCCNCCCCc1cccs1. The number of thiophene rings is 1. The van der Waals surface area contributed by atoms with Crippen LogP contribution in [-0.4, -0.2) is 25.7 Å². The number of rotatable bonds is 10. The number of nitrogens with one attached hydrogen (secondary N) is 2. The van der Waals surface area contributed by atoms with Crippen LogP contribution in [0.2, 0.25) is 0 Å². The number of unbranched alkanes of at least 4 members (excludes halogenated alkanes) is 1. The monoisotopic (exact) mass is 254 g/mol. The summed E-state index contributed by atoms with van der Waals surface area (Å²) in [5.74, 6) is 0. The third kappa shape index (κ3) is 8.36. The minimum absolute atomic E-state index is 0.612. The van der Waals surface area contributed by atoms with Crippen LogP contribution in [0.5, 0.6) is 0 Å². The van der Waals surface area contributed by atoms with Crippen molar-refractivity contribution in [1.82, 2.24) is 10.6 Å². The molecule has 98 valence electrons. The smallest absolute Gasteiger partial charge is 0.00452 e. The van der Waals surface area contributed by atoms with Gasteiger partial charge in [-0.3, -0.25) is 0 Å². The van der Waals surface area contributed by atoms with Gasteiger partial charge in [0.15, 0.2) is 0 Å². The zero-order chi connectivity index (χ0) is 12.3. The highest BCUT2D eigenvalue weighted by Crippen LogP contribution is 2.11. The van der Waals surface area contributed by atoms with Crippen LogP contribution in [0.15, 0.2) is 17.5 Å². The molecule has 2 N–H and O–H groups in total. The molecule has 0 spiro atoms. The van der Waals surface area contributed by atoms with Gasteiger partial charge < -0.3 is 10.6 Å². The Balaban J connectivity index is 1.79. The average Bonchev–Trinajstić information content (AvgIpc) is 2.79. The lowest BCUT2D eigenvalue weighted by Crippen LogP contribution is -2.27. The molecule has 0 fully saturated rings. The minimum Gasteiger partial charge on any atom is -0.317 e. The second kappa shape index (κ2) is 9.63. The second-order valence-corrected chi connectivity index (χ2v) is 5.78. The number of hydrogen-bond donors (Lipinski definition) is 2. The van der Waals surface area contributed by atoms with Crippen LogP contribution in [0.3, 0.4) is 0 Å². The van der Waals surface area contributed by atoms with E-state index in [4.69, 9.17) is 0 Å². The first-order valence-corrected chi connectivity index (χ1v) is 7.63. The molecule has 0 aliphatic carbocycles. The Labute approximate surface area is 110 Å². The molecule has 0 aromatic carbocycles. The van der Waals surface area contributed by atoms with E-state index in [0.29, 0.717) is 6.04 Å². The molecule has 0 aliphatic heterocycles. The van der Waals surface area contributed by atoms with Crippen molar-refractivity contribution in [3.05, 3.63) is 22.4 Å². The van der Waals surface area contributed by atoms with E-state index in [9.17, 15) is 0 Å². The van der Waals surface area contributed by atoms with Crippen LogP contribution in [-0.2, 0) is 6.42 Å². The first-order chi connectivity index (χ1) is 8.29. The molecule has 1 aromatic heterocycles. The fourth-order valence-electron chi connectivity index (χ4n) is 1.73. The highest BCUT2D eigenvalue weighted by atomic mass is 32.1. The van der Waals surface area contributed by atoms with Gasteiger partial charge in [0.25, 0.3) is 0 Å². The molecule has 0 saturated carbocycles. The third-order valence-corrected chi connectivity index (χ3v) is 3.63. The summed E-state index contributed by atoms with van der Waals surface area (Å²) in [4.78, 5) is 1.52. The van der Waals surface area contributed by atoms with E-state index in [2.05, 4.69) is 42.0 Å². The van der Waals surface area contributed by atoms with Crippen molar-refractivity contribution in [2.75, 3.05) is 19.6 Å².